The molecule has 0 aromatic heterocycles. The van der Waals surface area contributed by atoms with Gasteiger partial charge in [0.1, 0.15) is 5.84 Å². The third-order valence-electron chi connectivity index (χ3n) is 2.05. The number of sulfone groups is 1. The van der Waals surface area contributed by atoms with E-state index < -0.39 is 24.9 Å². The summed E-state index contributed by atoms with van der Waals surface area (Å²) in [4.78, 5) is 0. The Morgan fingerprint density at radius 3 is 2.32 bits per heavy atom. The van der Waals surface area contributed by atoms with Crippen LogP contribution in [-0.2, 0) is 24.6 Å². The highest BCUT2D eigenvalue weighted by atomic mass is 32.3. The monoisotopic (exact) mass is 317 g/mol. The van der Waals surface area contributed by atoms with Crippen LogP contribution in [0.25, 0.3) is 0 Å². The van der Waals surface area contributed by atoms with E-state index in [1.165, 1.54) is 7.11 Å². The van der Waals surface area contributed by atoms with Gasteiger partial charge in [-0.25, -0.2) is 16.8 Å². The van der Waals surface area contributed by atoms with E-state index in [0.717, 1.165) is 10.6 Å². The summed E-state index contributed by atoms with van der Waals surface area (Å²) in [7, 11) is -6.27. The first-order valence-electron chi connectivity index (χ1n) is 5.23. The highest BCUT2D eigenvalue weighted by Gasteiger charge is 2.26. The van der Waals surface area contributed by atoms with Crippen molar-refractivity contribution in [3.63, 3.8) is 0 Å². The molecule has 0 bridgehead atoms. The molecule has 3 N–H and O–H groups in total. The van der Waals surface area contributed by atoms with E-state index in [-0.39, 0.29) is 32.0 Å². The molecule has 0 atom stereocenters. The number of nitrogens with two attached hydrogens (primary N) is 1. The summed E-state index contributed by atoms with van der Waals surface area (Å²) in [6.45, 7) is 0.0172. The zero-order valence-corrected chi connectivity index (χ0v) is 12.4. The van der Waals surface area contributed by atoms with Crippen molar-refractivity contribution >= 4 is 25.7 Å². The summed E-state index contributed by atoms with van der Waals surface area (Å²) in [5.74, 6) is -0.142. The predicted octanol–water partition coefficient (Wildman–Crippen LogP) is -1.60. The van der Waals surface area contributed by atoms with Crippen molar-refractivity contribution in [2.45, 2.75) is 6.42 Å². The summed E-state index contributed by atoms with van der Waals surface area (Å²) in [6, 6.07) is 0. The Kier molecular flexibility index (Phi) is 7.26. The minimum atomic E-state index is -3.98. The van der Waals surface area contributed by atoms with E-state index >= 15 is 0 Å². The van der Waals surface area contributed by atoms with Gasteiger partial charge in [0.15, 0.2) is 14.9 Å². The fraction of sp³-hybridized carbons (Fsp3) is 0.875. The van der Waals surface area contributed by atoms with E-state index in [0.29, 0.717) is 0 Å². The van der Waals surface area contributed by atoms with E-state index in [9.17, 15) is 16.8 Å². The van der Waals surface area contributed by atoms with Crippen LogP contribution < -0.4 is 5.73 Å². The Labute approximate surface area is 113 Å². The van der Waals surface area contributed by atoms with Gasteiger partial charge in [-0.15, -0.1) is 0 Å². The van der Waals surface area contributed by atoms with Crippen molar-refractivity contribution in [2.24, 2.45) is 10.9 Å². The third kappa shape index (κ3) is 7.97. The van der Waals surface area contributed by atoms with Crippen molar-refractivity contribution in [2.75, 3.05) is 38.1 Å². The van der Waals surface area contributed by atoms with Gasteiger partial charge in [-0.05, 0) is 0 Å². The average molecular weight is 317 g/mol. The van der Waals surface area contributed by atoms with Gasteiger partial charge in [0.25, 0.3) is 0 Å². The highest BCUT2D eigenvalue weighted by Crippen LogP contribution is 2.06. The van der Waals surface area contributed by atoms with Crippen molar-refractivity contribution in [3.05, 3.63) is 0 Å². The number of rotatable bonds is 9. The Bertz CT molecular complexity index is 499. The number of methoxy groups -OCH3 is 1. The second-order valence-corrected chi connectivity index (χ2v) is 8.36. The standard InChI is InChI=1S/C8H19N3O6S2/c1-17-6-5-11(4-3-8(9)10-12)19(15,16)7-18(2,13)14/h12H,3-7H2,1-2H3,(H2,9,10). The molecule has 0 aliphatic carbocycles. The number of sulfonamides is 1. The van der Waals surface area contributed by atoms with Crippen LogP contribution in [0.15, 0.2) is 5.16 Å². The van der Waals surface area contributed by atoms with Crippen LogP contribution in [0.2, 0.25) is 0 Å². The van der Waals surface area contributed by atoms with Gasteiger partial charge < -0.3 is 15.7 Å². The second kappa shape index (κ2) is 7.62. The average Bonchev–Trinajstić information content (AvgIpc) is 2.24. The van der Waals surface area contributed by atoms with E-state index in [1.54, 1.807) is 0 Å². The van der Waals surface area contributed by atoms with E-state index in [1.807, 2.05) is 0 Å². The Hall–Kier alpha value is -0.910. The Morgan fingerprint density at radius 1 is 1.32 bits per heavy atom. The number of nitrogens with zero attached hydrogens (tertiary/aromatic N) is 2. The number of oxime groups is 1. The van der Waals surface area contributed by atoms with Crippen molar-refractivity contribution in [1.29, 1.82) is 0 Å². The molecular formula is C8H19N3O6S2. The maximum absolute atomic E-state index is 11.9. The number of ether oxygens (including phenoxy) is 1. The SMILES string of the molecule is COCCN(CCC(N)=NO)S(=O)(=O)CS(C)(=O)=O. The smallest absolute Gasteiger partial charge is 0.228 e. The summed E-state index contributed by atoms with van der Waals surface area (Å²) in [6.07, 6.45) is 0.825. The Morgan fingerprint density at radius 2 is 1.89 bits per heavy atom. The lowest BCUT2D eigenvalue weighted by atomic mass is 10.4. The fourth-order valence-electron chi connectivity index (χ4n) is 1.22. The molecule has 114 valence electrons. The first-order valence-corrected chi connectivity index (χ1v) is 8.90. The molecule has 0 radical (unpaired) electrons. The summed E-state index contributed by atoms with van der Waals surface area (Å²) in [5, 5.41) is 10.1. The molecule has 0 saturated carbocycles. The molecule has 0 spiro atoms. The van der Waals surface area contributed by atoms with E-state index in [4.69, 9.17) is 15.7 Å². The summed E-state index contributed by atoms with van der Waals surface area (Å²) in [5.41, 5.74) is 5.25. The normalized spacial score (nSPS) is 13.9. The van der Waals surface area contributed by atoms with Gasteiger partial charge in [0.2, 0.25) is 10.0 Å². The maximum Gasteiger partial charge on any atom is 0.228 e. The van der Waals surface area contributed by atoms with Crippen LogP contribution in [0.1, 0.15) is 6.42 Å². The molecule has 11 heteroatoms. The predicted molar refractivity (Wildman–Crippen MR) is 70.1 cm³/mol. The number of amidine groups is 1. The topological polar surface area (TPSA) is 139 Å². The van der Waals surface area contributed by atoms with Crippen LogP contribution in [0, 0.1) is 0 Å². The van der Waals surface area contributed by atoms with Crippen LogP contribution >= 0.6 is 0 Å². The molecule has 9 nitrogen and oxygen atoms in total. The van der Waals surface area contributed by atoms with Gasteiger partial charge in [-0.2, -0.15) is 4.31 Å². The minimum Gasteiger partial charge on any atom is -0.409 e. The van der Waals surface area contributed by atoms with Crippen molar-refractivity contribution < 1.29 is 26.8 Å². The molecule has 0 aromatic carbocycles. The molecule has 0 rings (SSSR count). The van der Waals surface area contributed by atoms with Crippen molar-refractivity contribution in [3.8, 4) is 0 Å². The second-order valence-electron chi connectivity index (χ2n) is 3.89. The number of hydrogen-bond donors (Lipinski definition) is 2. The molecular weight excluding hydrogens is 298 g/mol. The molecule has 0 amide bonds. The fourth-order valence-corrected chi connectivity index (χ4v) is 4.70. The zero-order chi connectivity index (χ0) is 15.1. The molecule has 0 saturated heterocycles. The summed E-state index contributed by atoms with van der Waals surface area (Å²) < 4.78 is 51.7. The van der Waals surface area contributed by atoms with Crippen LogP contribution in [0.4, 0.5) is 0 Å². The largest absolute Gasteiger partial charge is 0.409 e. The first kappa shape index (κ1) is 18.1. The van der Waals surface area contributed by atoms with E-state index in [2.05, 4.69) is 5.16 Å². The quantitative estimate of drug-likeness (QED) is 0.226. The van der Waals surface area contributed by atoms with Crippen LogP contribution in [0.3, 0.4) is 0 Å². The Balaban J connectivity index is 4.91. The van der Waals surface area contributed by atoms with Gasteiger partial charge >= 0.3 is 0 Å². The minimum absolute atomic E-state index is 0.00688. The molecule has 0 unspecified atom stereocenters. The van der Waals surface area contributed by atoms with Crippen molar-refractivity contribution in [1.82, 2.24) is 4.31 Å². The number of hydrogen-bond acceptors (Lipinski definition) is 7. The molecule has 0 fully saturated rings. The first-order chi connectivity index (χ1) is 8.62. The third-order valence-corrected chi connectivity index (χ3v) is 6.10. The molecule has 19 heavy (non-hydrogen) atoms. The lowest BCUT2D eigenvalue weighted by molar-refractivity contribution is 0.179. The lowest BCUT2D eigenvalue weighted by Gasteiger charge is -2.21. The lowest BCUT2D eigenvalue weighted by Crippen LogP contribution is -2.39. The van der Waals surface area contributed by atoms with Gasteiger partial charge in [0, 0.05) is 32.9 Å². The highest BCUT2D eigenvalue weighted by molar-refractivity contribution is 8.06. The molecule has 0 aliphatic heterocycles. The molecule has 0 aliphatic rings. The summed E-state index contributed by atoms with van der Waals surface area (Å²) >= 11 is 0. The van der Waals surface area contributed by atoms with Crippen LogP contribution in [0.5, 0.6) is 0 Å². The zero-order valence-electron chi connectivity index (χ0n) is 10.8. The molecule has 0 heterocycles. The van der Waals surface area contributed by atoms with Gasteiger partial charge in [-0.3, -0.25) is 0 Å². The molecule has 0 aromatic rings. The van der Waals surface area contributed by atoms with Crippen LogP contribution in [-0.4, -0.2) is 70.3 Å². The van der Waals surface area contributed by atoms with Gasteiger partial charge in [-0.1, -0.05) is 5.16 Å². The van der Waals surface area contributed by atoms with Gasteiger partial charge in [0.05, 0.1) is 6.61 Å². The maximum atomic E-state index is 11.9.